The highest BCUT2D eigenvalue weighted by molar-refractivity contribution is 6.31. The van der Waals surface area contributed by atoms with E-state index in [4.69, 9.17) is 16.7 Å². The number of nitrogens with one attached hydrogen (secondary N) is 1. The number of carboxylic acids is 1. The highest BCUT2D eigenvalue weighted by Crippen LogP contribution is 2.20. The van der Waals surface area contributed by atoms with Crippen LogP contribution < -0.4 is 5.32 Å². The minimum atomic E-state index is -1.06. The normalized spacial score (nSPS) is 12.3. The van der Waals surface area contributed by atoms with Crippen LogP contribution in [0.1, 0.15) is 6.92 Å². The molecule has 19 heavy (non-hydrogen) atoms. The van der Waals surface area contributed by atoms with Crippen LogP contribution in [-0.4, -0.2) is 27.6 Å². The number of amides is 1. The Kier molecular flexibility index (Phi) is 3.76. The van der Waals surface area contributed by atoms with Crippen LogP contribution in [0.5, 0.6) is 0 Å². The van der Waals surface area contributed by atoms with Crippen LogP contribution in [0.3, 0.4) is 0 Å². The Morgan fingerprint density at radius 1 is 1.42 bits per heavy atom. The molecule has 0 radical (unpaired) electrons. The van der Waals surface area contributed by atoms with Gasteiger partial charge in [0.1, 0.15) is 12.6 Å². The lowest BCUT2D eigenvalue weighted by molar-refractivity contribution is -0.141. The summed E-state index contributed by atoms with van der Waals surface area (Å²) in [6, 6.07) is 6.34. The molecule has 1 aromatic carbocycles. The van der Waals surface area contributed by atoms with Gasteiger partial charge in [-0.1, -0.05) is 11.6 Å². The van der Waals surface area contributed by atoms with Gasteiger partial charge in [-0.25, -0.2) is 0 Å². The molecule has 6 heteroatoms. The number of aromatic nitrogens is 1. The summed E-state index contributed by atoms with van der Waals surface area (Å²) in [5.74, 6) is -1.40. The van der Waals surface area contributed by atoms with Crippen molar-refractivity contribution in [2.45, 2.75) is 19.5 Å². The van der Waals surface area contributed by atoms with Gasteiger partial charge in [-0.2, -0.15) is 0 Å². The summed E-state index contributed by atoms with van der Waals surface area (Å²) in [4.78, 5) is 22.4. The lowest BCUT2D eigenvalue weighted by atomic mass is 10.2. The number of hydrogen-bond donors (Lipinski definition) is 2. The molecule has 2 N–H and O–H groups in total. The number of carbonyl (C=O) groups excluding carboxylic acids is 1. The minimum Gasteiger partial charge on any atom is -0.480 e. The summed E-state index contributed by atoms with van der Waals surface area (Å²) in [5, 5.41) is 12.7. The third-order valence-electron chi connectivity index (χ3n) is 2.79. The average Bonchev–Trinajstić information content (AvgIpc) is 2.71. The number of nitrogens with zero attached hydrogens (tertiary/aromatic N) is 1. The number of halogens is 1. The number of benzene rings is 1. The van der Waals surface area contributed by atoms with E-state index in [0.717, 1.165) is 10.9 Å². The van der Waals surface area contributed by atoms with E-state index in [2.05, 4.69) is 5.32 Å². The van der Waals surface area contributed by atoms with E-state index < -0.39 is 12.0 Å². The summed E-state index contributed by atoms with van der Waals surface area (Å²) in [5.41, 5.74) is 0.877. The second-order valence-electron chi connectivity index (χ2n) is 4.27. The maximum atomic E-state index is 11.7. The maximum absolute atomic E-state index is 11.7. The van der Waals surface area contributed by atoms with Crippen molar-refractivity contribution in [3.05, 3.63) is 35.5 Å². The fourth-order valence-corrected chi connectivity index (χ4v) is 1.99. The molecule has 2 rings (SSSR count). The van der Waals surface area contributed by atoms with Crippen molar-refractivity contribution in [2.75, 3.05) is 0 Å². The minimum absolute atomic E-state index is 0.0722. The van der Waals surface area contributed by atoms with E-state index in [0.29, 0.717) is 5.02 Å². The first-order valence-corrected chi connectivity index (χ1v) is 6.12. The van der Waals surface area contributed by atoms with Crippen LogP contribution >= 0.6 is 11.6 Å². The average molecular weight is 281 g/mol. The van der Waals surface area contributed by atoms with Crippen LogP contribution in [0, 0.1) is 0 Å². The molecule has 100 valence electrons. The zero-order valence-electron chi connectivity index (χ0n) is 10.3. The largest absolute Gasteiger partial charge is 0.480 e. The van der Waals surface area contributed by atoms with E-state index >= 15 is 0 Å². The van der Waals surface area contributed by atoms with Crippen molar-refractivity contribution in [1.82, 2.24) is 9.88 Å². The molecule has 2 aromatic rings. The van der Waals surface area contributed by atoms with Crippen molar-refractivity contribution >= 4 is 34.4 Å². The van der Waals surface area contributed by atoms with Gasteiger partial charge in [0.2, 0.25) is 5.91 Å². The van der Waals surface area contributed by atoms with Crippen LogP contribution in [0.25, 0.3) is 10.9 Å². The Morgan fingerprint density at radius 2 is 2.16 bits per heavy atom. The molecule has 1 unspecified atom stereocenters. The lowest BCUT2D eigenvalue weighted by Gasteiger charge is -2.10. The summed E-state index contributed by atoms with van der Waals surface area (Å²) in [7, 11) is 0. The fraction of sp³-hybridized carbons (Fsp3) is 0.231. The van der Waals surface area contributed by atoms with Gasteiger partial charge in [0.25, 0.3) is 0 Å². The van der Waals surface area contributed by atoms with E-state index in [9.17, 15) is 9.59 Å². The van der Waals surface area contributed by atoms with Gasteiger partial charge >= 0.3 is 5.97 Å². The Bertz CT molecular complexity index is 636. The summed E-state index contributed by atoms with van der Waals surface area (Å²) < 4.78 is 1.75. The van der Waals surface area contributed by atoms with E-state index in [1.54, 1.807) is 16.8 Å². The summed E-state index contributed by atoms with van der Waals surface area (Å²) >= 11 is 5.88. The number of carboxylic acid groups (broad SMARTS) is 1. The topological polar surface area (TPSA) is 71.3 Å². The van der Waals surface area contributed by atoms with Gasteiger partial charge in [0, 0.05) is 22.1 Å². The van der Waals surface area contributed by atoms with Crippen LogP contribution in [0.4, 0.5) is 0 Å². The van der Waals surface area contributed by atoms with Gasteiger partial charge < -0.3 is 15.0 Å². The van der Waals surface area contributed by atoms with Crippen molar-refractivity contribution in [1.29, 1.82) is 0 Å². The first-order valence-electron chi connectivity index (χ1n) is 5.74. The quantitative estimate of drug-likeness (QED) is 0.898. The van der Waals surface area contributed by atoms with Gasteiger partial charge in [0.05, 0.1) is 0 Å². The monoisotopic (exact) mass is 280 g/mol. The Morgan fingerprint density at radius 3 is 2.84 bits per heavy atom. The molecule has 0 saturated heterocycles. The molecule has 1 amide bonds. The molecule has 1 heterocycles. The molecule has 5 nitrogen and oxygen atoms in total. The highest BCUT2D eigenvalue weighted by Gasteiger charge is 2.14. The summed E-state index contributed by atoms with van der Waals surface area (Å²) in [6.45, 7) is 1.50. The van der Waals surface area contributed by atoms with Crippen molar-refractivity contribution < 1.29 is 14.7 Å². The third-order valence-corrected chi connectivity index (χ3v) is 3.03. The number of rotatable bonds is 4. The standard InChI is InChI=1S/C13H13ClN2O3/c1-8(13(18)19)15-12(17)7-16-5-4-9-6-10(14)2-3-11(9)16/h2-6,8H,7H2,1H3,(H,15,17)(H,18,19). The molecule has 0 bridgehead atoms. The second kappa shape index (κ2) is 5.32. The van der Waals surface area contributed by atoms with Gasteiger partial charge in [-0.15, -0.1) is 0 Å². The Balaban J connectivity index is 2.13. The molecule has 0 fully saturated rings. The van der Waals surface area contributed by atoms with E-state index in [1.165, 1.54) is 6.92 Å². The smallest absolute Gasteiger partial charge is 0.325 e. The van der Waals surface area contributed by atoms with Crippen LogP contribution in [-0.2, 0) is 16.1 Å². The first-order chi connectivity index (χ1) is 8.97. The second-order valence-corrected chi connectivity index (χ2v) is 4.71. The van der Waals surface area contributed by atoms with E-state index in [-0.39, 0.29) is 12.5 Å². The first kappa shape index (κ1) is 13.4. The number of fused-ring (bicyclic) bond motifs is 1. The zero-order valence-corrected chi connectivity index (χ0v) is 11.0. The molecule has 0 spiro atoms. The fourth-order valence-electron chi connectivity index (χ4n) is 1.81. The van der Waals surface area contributed by atoms with Gasteiger partial charge in [-0.3, -0.25) is 9.59 Å². The van der Waals surface area contributed by atoms with E-state index in [1.807, 2.05) is 18.2 Å². The Labute approximate surface area is 114 Å². The number of carbonyl (C=O) groups is 2. The molecule has 0 aliphatic rings. The molecule has 1 aromatic heterocycles. The molecular formula is C13H13ClN2O3. The highest BCUT2D eigenvalue weighted by atomic mass is 35.5. The maximum Gasteiger partial charge on any atom is 0.325 e. The Hall–Kier alpha value is -2.01. The third kappa shape index (κ3) is 3.06. The predicted octanol–water partition coefficient (Wildman–Crippen LogP) is 1.88. The number of aliphatic carboxylic acids is 1. The van der Waals surface area contributed by atoms with Crippen LogP contribution in [0.15, 0.2) is 30.5 Å². The lowest BCUT2D eigenvalue weighted by Crippen LogP contribution is -2.39. The van der Waals surface area contributed by atoms with Crippen LogP contribution in [0.2, 0.25) is 5.02 Å². The molecule has 0 aliphatic heterocycles. The van der Waals surface area contributed by atoms with Gasteiger partial charge in [0.15, 0.2) is 0 Å². The zero-order chi connectivity index (χ0) is 14.0. The van der Waals surface area contributed by atoms with Gasteiger partial charge in [-0.05, 0) is 31.2 Å². The predicted molar refractivity (Wildman–Crippen MR) is 72.2 cm³/mol. The van der Waals surface area contributed by atoms with Crippen molar-refractivity contribution in [3.63, 3.8) is 0 Å². The van der Waals surface area contributed by atoms with Crippen molar-refractivity contribution in [3.8, 4) is 0 Å². The SMILES string of the molecule is CC(NC(=O)Cn1ccc2cc(Cl)ccc21)C(=O)O. The summed E-state index contributed by atoms with van der Waals surface area (Å²) in [6.07, 6.45) is 1.77. The number of hydrogen-bond acceptors (Lipinski definition) is 2. The molecular weight excluding hydrogens is 268 g/mol. The molecule has 0 aliphatic carbocycles. The molecule has 1 atom stereocenters. The molecule has 0 saturated carbocycles. The van der Waals surface area contributed by atoms with Crippen molar-refractivity contribution in [2.24, 2.45) is 0 Å².